The van der Waals surface area contributed by atoms with Crippen molar-refractivity contribution in [2.24, 2.45) is 11.1 Å². The highest BCUT2D eigenvalue weighted by Gasteiger charge is 2.24. The number of hydrogen-bond acceptors (Lipinski definition) is 2. The molecule has 0 aliphatic heterocycles. The van der Waals surface area contributed by atoms with Crippen LogP contribution in [0, 0.1) is 5.41 Å². The Kier molecular flexibility index (Phi) is 5.39. The summed E-state index contributed by atoms with van der Waals surface area (Å²) in [6.07, 6.45) is 0.352. The zero-order valence-corrected chi connectivity index (χ0v) is 12.9. The van der Waals surface area contributed by atoms with Crippen molar-refractivity contribution in [1.29, 1.82) is 0 Å². The average Bonchev–Trinajstić information content (AvgIpc) is 2.30. The summed E-state index contributed by atoms with van der Waals surface area (Å²) in [5.41, 5.74) is 6.92. The minimum atomic E-state index is -0.145. The minimum absolute atomic E-state index is 0.0438. The van der Waals surface area contributed by atoms with Crippen LogP contribution < -0.4 is 5.73 Å². The van der Waals surface area contributed by atoms with Crippen LogP contribution >= 0.6 is 11.6 Å². The van der Waals surface area contributed by atoms with Gasteiger partial charge < -0.3 is 10.6 Å². The van der Waals surface area contributed by atoms with Crippen molar-refractivity contribution in [2.45, 2.75) is 39.8 Å². The summed E-state index contributed by atoms with van der Waals surface area (Å²) < 4.78 is 0. The van der Waals surface area contributed by atoms with Crippen molar-refractivity contribution in [2.75, 3.05) is 7.05 Å². The highest BCUT2D eigenvalue weighted by molar-refractivity contribution is 6.31. The van der Waals surface area contributed by atoms with Gasteiger partial charge >= 0.3 is 0 Å². The number of halogens is 1. The lowest BCUT2D eigenvalue weighted by atomic mass is 9.85. The van der Waals surface area contributed by atoms with Gasteiger partial charge in [0.1, 0.15) is 0 Å². The second-order valence-electron chi connectivity index (χ2n) is 6.02. The standard InChI is InChI=1S/C15H23ClN2O/c1-15(2,3)13(17)9-14(19)18(4)10-11-7-5-6-8-12(11)16/h5-8,13H,9-10,17H2,1-4H3. The number of nitrogens with two attached hydrogens (primary N) is 1. The van der Waals surface area contributed by atoms with Gasteiger partial charge in [0, 0.05) is 31.1 Å². The monoisotopic (exact) mass is 282 g/mol. The number of carbonyl (C=O) groups is 1. The van der Waals surface area contributed by atoms with Crippen molar-refractivity contribution in [1.82, 2.24) is 4.90 Å². The maximum atomic E-state index is 12.1. The zero-order valence-electron chi connectivity index (χ0n) is 12.1. The Labute approximate surface area is 120 Å². The van der Waals surface area contributed by atoms with Gasteiger partial charge in [0.05, 0.1) is 0 Å². The third-order valence-corrected chi connectivity index (χ3v) is 3.67. The topological polar surface area (TPSA) is 46.3 Å². The van der Waals surface area contributed by atoms with Crippen LogP contribution in [-0.4, -0.2) is 23.9 Å². The van der Waals surface area contributed by atoms with Crippen LogP contribution in [-0.2, 0) is 11.3 Å². The normalized spacial score (nSPS) is 13.2. The lowest BCUT2D eigenvalue weighted by Crippen LogP contribution is -2.40. The summed E-state index contributed by atoms with van der Waals surface area (Å²) in [7, 11) is 1.78. The predicted molar refractivity (Wildman–Crippen MR) is 80.0 cm³/mol. The Morgan fingerprint density at radius 2 is 1.95 bits per heavy atom. The van der Waals surface area contributed by atoms with E-state index >= 15 is 0 Å². The maximum absolute atomic E-state index is 12.1. The van der Waals surface area contributed by atoms with Gasteiger partial charge in [-0.3, -0.25) is 4.79 Å². The minimum Gasteiger partial charge on any atom is -0.341 e. The molecule has 0 fully saturated rings. The van der Waals surface area contributed by atoms with Crippen molar-refractivity contribution < 1.29 is 4.79 Å². The molecule has 1 unspecified atom stereocenters. The van der Waals surface area contributed by atoms with E-state index in [4.69, 9.17) is 17.3 Å². The quantitative estimate of drug-likeness (QED) is 0.922. The molecule has 19 heavy (non-hydrogen) atoms. The molecule has 0 aliphatic rings. The number of hydrogen-bond donors (Lipinski definition) is 1. The molecule has 3 nitrogen and oxygen atoms in total. The summed E-state index contributed by atoms with van der Waals surface area (Å²) in [5.74, 6) is 0.0438. The molecule has 0 aliphatic carbocycles. The average molecular weight is 283 g/mol. The van der Waals surface area contributed by atoms with Crippen LogP contribution in [0.1, 0.15) is 32.8 Å². The number of rotatable bonds is 4. The van der Waals surface area contributed by atoms with E-state index in [0.717, 1.165) is 5.56 Å². The first kappa shape index (κ1) is 16.0. The van der Waals surface area contributed by atoms with E-state index in [1.807, 2.05) is 45.0 Å². The number of benzene rings is 1. The fourth-order valence-electron chi connectivity index (χ4n) is 1.62. The molecular formula is C15H23ClN2O. The van der Waals surface area contributed by atoms with Crippen LogP contribution in [0.3, 0.4) is 0 Å². The molecule has 1 aromatic carbocycles. The molecule has 0 spiro atoms. The smallest absolute Gasteiger partial charge is 0.224 e. The lowest BCUT2D eigenvalue weighted by Gasteiger charge is -2.28. The van der Waals surface area contributed by atoms with Crippen molar-refractivity contribution >= 4 is 17.5 Å². The van der Waals surface area contributed by atoms with Crippen LogP contribution in [0.5, 0.6) is 0 Å². The second kappa shape index (κ2) is 6.40. The predicted octanol–water partition coefficient (Wildman–Crippen LogP) is 3.06. The molecule has 0 bridgehead atoms. The van der Waals surface area contributed by atoms with Gasteiger partial charge in [-0.2, -0.15) is 0 Å². The fraction of sp³-hybridized carbons (Fsp3) is 0.533. The molecular weight excluding hydrogens is 260 g/mol. The Morgan fingerprint density at radius 1 is 1.37 bits per heavy atom. The molecule has 1 amide bonds. The van der Waals surface area contributed by atoms with E-state index in [2.05, 4.69) is 0 Å². The SMILES string of the molecule is CN(Cc1ccccc1Cl)C(=O)CC(N)C(C)(C)C. The Balaban J connectivity index is 2.61. The zero-order chi connectivity index (χ0) is 14.6. The van der Waals surface area contributed by atoms with E-state index in [0.29, 0.717) is 18.0 Å². The van der Waals surface area contributed by atoms with Crippen LogP contribution in [0.4, 0.5) is 0 Å². The van der Waals surface area contributed by atoms with Crippen LogP contribution in [0.2, 0.25) is 5.02 Å². The largest absolute Gasteiger partial charge is 0.341 e. The molecule has 0 saturated heterocycles. The Hall–Kier alpha value is -1.06. The summed E-state index contributed by atoms with van der Waals surface area (Å²) in [6, 6.07) is 7.41. The van der Waals surface area contributed by atoms with Gasteiger partial charge in [0.2, 0.25) is 5.91 Å². The molecule has 1 atom stereocenters. The highest BCUT2D eigenvalue weighted by atomic mass is 35.5. The highest BCUT2D eigenvalue weighted by Crippen LogP contribution is 2.21. The summed E-state index contributed by atoms with van der Waals surface area (Å²) >= 11 is 6.09. The molecule has 0 heterocycles. The third-order valence-electron chi connectivity index (χ3n) is 3.30. The Morgan fingerprint density at radius 3 is 2.47 bits per heavy atom. The first-order valence-electron chi connectivity index (χ1n) is 6.44. The van der Waals surface area contributed by atoms with E-state index in [1.54, 1.807) is 11.9 Å². The van der Waals surface area contributed by atoms with E-state index < -0.39 is 0 Å². The maximum Gasteiger partial charge on any atom is 0.224 e. The fourth-order valence-corrected chi connectivity index (χ4v) is 1.82. The third kappa shape index (κ3) is 4.84. The van der Waals surface area contributed by atoms with Gasteiger partial charge in [-0.15, -0.1) is 0 Å². The number of carbonyl (C=O) groups excluding carboxylic acids is 1. The molecule has 1 rings (SSSR count). The molecule has 106 valence electrons. The molecule has 1 aromatic rings. The molecule has 4 heteroatoms. The first-order valence-corrected chi connectivity index (χ1v) is 6.82. The van der Waals surface area contributed by atoms with Crippen molar-refractivity contribution in [3.63, 3.8) is 0 Å². The van der Waals surface area contributed by atoms with Gasteiger partial charge in [0.25, 0.3) is 0 Å². The summed E-state index contributed by atoms with van der Waals surface area (Å²) in [4.78, 5) is 13.8. The summed E-state index contributed by atoms with van der Waals surface area (Å²) in [6.45, 7) is 6.63. The Bertz CT molecular complexity index is 440. The number of nitrogens with zero attached hydrogens (tertiary/aromatic N) is 1. The molecule has 2 N–H and O–H groups in total. The van der Waals surface area contributed by atoms with Crippen molar-refractivity contribution in [3.05, 3.63) is 34.9 Å². The van der Waals surface area contributed by atoms with Gasteiger partial charge in [-0.25, -0.2) is 0 Å². The summed E-state index contributed by atoms with van der Waals surface area (Å²) in [5, 5.41) is 0.683. The first-order chi connectivity index (χ1) is 8.71. The van der Waals surface area contributed by atoms with E-state index in [-0.39, 0.29) is 17.4 Å². The van der Waals surface area contributed by atoms with E-state index in [1.165, 1.54) is 0 Å². The van der Waals surface area contributed by atoms with Gasteiger partial charge in [-0.1, -0.05) is 50.6 Å². The number of amides is 1. The van der Waals surface area contributed by atoms with Crippen LogP contribution in [0.25, 0.3) is 0 Å². The second-order valence-corrected chi connectivity index (χ2v) is 6.43. The molecule has 0 aromatic heterocycles. The van der Waals surface area contributed by atoms with E-state index in [9.17, 15) is 4.79 Å². The van der Waals surface area contributed by atoms with Gasteiger partial charge in [0.15, 0.2) is 0 Å². The molecule has 0 radical (unpaired) electrons. The lowest BCUT2D eigenvalue weighted by molar-refractivity contribution is -0.131. The van der Waals surface area contributed by atoms with Crippen LogP contribution in [0.15, 0.2) is 24.3 Å². The van der Waals surface area contributed by atoms with Crippen molar-refractivity contribution in [3.8, 4) is 0 Å². The van der Waals surface area contributed by atoms with Gasteiger partial charge in [-0.05, 0) is 17.0 Å². The molecule has 0 saturated carbocycles.